The van der Waals surface area contributed by atoms with Crippen LogP contribution in [0.15, 0.2) is 28.7 Å². The van der Waals surface area contributed by atoms with Gasteiger partial charge in [0.1, 0.15) is 5.75 Å². The Morgan fingerprint density at radius 2 is 1.92 bits per heavy atom. The third-order valence-corrected chi connectivity index (χ3v) is 5.44. The van der Waals surface area contributed by atoms with Crippen LogP contribution in [0.1, 0.15) is 50.3 Å². The number of hydrogen-bond donors (Lipinski definition) is 0. The van der Waals surface area contributed by atoms with E-state index in [0.717, 1.165) is 42.8 Å². The molecule has 0 amide bonds. The van der Waals surface area contributed by atoms with Crippen molar-refractivity contribution in [2.24, 2.45) is 0 Å². The van der Waals surface area contributed by atoms with Crippen molar-refractivity contribution >= 4 is 0 Å². The van der Waals surface area contributed by atoms with Gasteiger partial charge in [-0.2, -0.15) is 0 Å². The Bertz CT molecular complexity index is 679. The van der Waals surface area contributed by atoms with Gasteiger partial charge in [-0.15, -0.1) is 10.2 Å². The van der Waals surface area contributed by atoms with E-state index in [1.54, 1.807) is 7.11 Å². The van der Waals surface area contributed by atoms with E-state index < -0.39 is 0 Å². The zero-order chi connectivity index (χ0) is 16.4. The van der Waals surface area contributed by atoms with Gasteiger partial charge in [-0.25, -0.2) is 0 Å². The molecule has 0 bridgehead atoms. The van der Waals surface area contributed by atoms with Gasteiger partial charge in [-0.3, -0.25) is 4.90 Å². The lowest BCUT2D eigenvalue weighted by Crippen LogP contribution is -2.34. The van der Waals surface area contributed by atoms with E-state index in [0.29, 0.717) is 11.8 Å². The highest BCUT2D eigenvalue weighted by Crippen LogP contribution is 2.34. The zero-order valence-electron chi connectivity index (χ0n) is 14.3. The van der Waals surface area contributed by atoms with Crippen molar-refractivity contribution in [2.45, 2.75) is 50.5 Å². The summed E-state index contributed by atoms with van der Waals surface area (Å²) in [6, 6.07) is 8.54. The van der Waals surface area contributed by atoms with Crippen LogP contribution in [0.2, 0.25) is 0 Å². The Balaban J connectivity index is 1.47. The molecule has 0 N–H and O–H groups in total. The van der Waals surface area contributed by atoms with Crippen molar-refractivity contribution in [1.29, 1.82) is 0 Å². The molecule has 1 saturated carbocycles. The van der Waals surface area contributed by atoms with Crippen LogP contribution in [-0.4, -0.2) is 41.3 Å². The Morgan fingerprint density at radius 1 is 1.08 bits per heavy atom. The largest absolute Gasteiger partial charge is 0.496 e. The summed E-state index contributed by atoms with van der Waals surface area (Å²) in [5.41, 5.74) is 0.862. The van der Waals surface area contributed by atoms with Crippen LogP contribution in [0.4, 0.5) is 0 Å². The van der Waals surface area contributed by atoms with Gasteiger partial charge in [-0.1, -0.05) is 31.4 Å². The molecule has 1 saturated heterocycles. The highest BCUT2D eigenvalue weighted by molar-refractivity contribution is 5.62. The summed E-state index contributed by atoms with van der Waals surface area (Å²) in [4.78, 5) is 2.64. The fraction of sp³-hybridized carbons (Fsp3) is 0.579. The summed E-state index contributed by atoms with van der Waals surface area (Å²) < 4.78 is 11.4. The molecule has 24 heavy (non-hydrogen) atoms. The second-order valence-corrected chi connectivity index (χ2v) is 6.92. The number of benzene rings is 1. The van der Waals surface area contributed by atoms with E-state index in [9.17, 15) is 0 Å². The van der Waals surface area contributed by atoms with Crippen LogP contribution < -0.4 is 4.74 Å². The highest BCUT2D eigenvalue weighted by atomic mass is 16.5. The van der Waals surface area contributed by atoms with Crippen LogP contribution in [0.5, 0.6) is 5.75 Å². The first-order valence-electron chi connectivity index (χ1n) is 9.06. The van der Waals surface area contributed by atoms with Crippen molar-refractivity contribution in [3.8, 4) is 17.2 Å². The maximum absolute atomic E-state index is 6.00. The Kier molecular flexibility index (Phi) is 4.52. The first-order chi connectivity index (χ1) is 11.8. The molecule has 1 aliphatic heterocycles. The smallest absolute Gasteiger partial charge is 0.251 e. The Morgan fingerprint density at radius 3 is 2.75 bits per heavy atom. The molecule has 1 atom stereocenters. The molecule has 2 aromatic rings. The molecular formula is C19H25N3O2. The van der Waals surface area contributed by atoms with Gasteiger partial charge in [0.2, 0.25) is 5.89 Å². The number of rotatable bonds is 4. The number of hydrogen-bond acceptors (Lipinski definition) is 5. The fourth-order valence-electron chi connectivity index (χ4n) is 4.10. The van der Waals surface area contributed by atoms with Crippen molar-refractivity contribution < 1.29 is 9.15 Å². The minimum Gasteiger partial charge on any atom is -0.496 e. The van der Waals surface area contributed by atoms with E-state index in [1.807, 2.05) is 24.3 Å². The molecule has 0 spiro atoms. The number of likely N-dealkylation sites (tertiary alicyclic amines) is 1. The van der Waals surface area contributed by atoms with Gasteiger partial charge in [0.25, 0.3) is 5.89 Å². The SMILES string of the molecule is COc1ccccc1-c1nnc(C2CCN(C3CCCCC3)C2)o1. The van der Waals surface area contributed by atoms with E-state index in [1.165, 1.54) is 32.1 Å². The van der Waals surface area contributed by atoms with Crippen LogP contribution >= 0.6 is 0 Å². The summed E-state index contributed by atoms with van der Waals surface area (Å²) in [7, 11) is 1.66. The molecule has 0 radical (unpaired) electrons. The van der Waals surface area contributed by atoms with Gasteiger partial charge in [0.05, 0.1) is 18.6 Å². The molecule has 128 valence electrons. The predicted octanol–water partition coefficient (Wildman–Crippen LogP) is 3.87. The van der Waals surface area contributed by atoms with E-state index in [4.69, 9.17) is 9.15 Å². The van der Waals surface area contributed by atoms with Crippen LogP contribution in [-0.2, 0) is 0 Å². The van der Waals surface area contributed by atoms with Crippen molar-refractivity contribution in [1.82, 2.24) is 15.1 Å². The summed E-state index contributed by atoms with van der Waals surface area (Å²) in [5, 5.41) is 8.59. The number of ether oxygens (including phenoxy) is 1. The first-order valence-corrected chi connectivity index (χ1v) is 9.06. The summed E-state index contributed by atoms with van der Waals surface area (Å²) in [6.45, 7) is 2.21. The lowest BCUT2D eigenvalue weighted by atomic mass is 9.94. The minimum atomic E-state index is 0.364. The molecule has 2 aliphatic rings. The number of nitrogens with zero attached hydrogens (tertiary/aromatic N) is 3. The maximum atomic E-state index is 6.00. The molecule has 1 aromatic heterocycles. The summed E-state index contributed by atoms with van der Waals surface area (Å²) in [6.07, 6.45) is 7.98. The monoisotopic (exact) mass is 327 g/mol. The molecule has 2 heterocycles. The van der Waals surface area contributed by atoms with E-state index in [2.05, 4.69) is 15.1 Å². The third kappa shape index (κ3) is 3.05. The lowest BCUT2D eigenvalue weighted by Gasteiger charge is -2.30. The number of aromatic nitrogens is 2. The molecular weight excluding hydrogens is 302 g/mol. The van der Waals surface area contributed by atoms with Crippen LogP contribution in [0.25, 0.3) is 11.5 Å². The van der Waals surface area contributed by atoms with Crippen LogP contribution in [0, 0.1) is 0 Å². The van der Waals surface area contributed by atoms with Crippen molar-refractivity contribution in [2.75, 3.05) is 20.2 Å². The molecule has 1 aliphatic carbocycles. The second kappa shape index (κ2) is 6.93. The zero-order valence-corrected chi connectivity index (χ0v) is 14.3. The summed E-state index contributed by atoms with van der Waals surface area (Å²) in [5.74, 6) is 2.46. The fourth-order valence-corrected chi connectivity index (χ4v) is 4.10. The average Bonchev–Trinajstić information content (AvgIpc) is 3.32. The van der Waals surface area contributed by atoms with Crippen molar-refractivity contribution in [3.05, 3.63) is 30.2 Å². The van der Waals surface area contributed by atoms with Gasteiger partial charge >= 0.3 is 0 Å². The summed E-state index contributed by atoms with van der Waals surface area (Å²) >= 11 is 0. The van der Waals surface area contributed by atoms with Gasteiger partial charge in [-0.05, 0) is 37.9 Å². The maximum Gasteiger partial charge on any atom is 0.251 e. The van der Waals surface area contributed by atoms with Crippen LogP contribution in [0.3, 0.4) is 0 Å². The van der Waals surface area contributed by atoms with E-state index in [-0.39, 0.29) is 0 Å². The molecule has 1 aromatic carbocycles. The lowest BCUT2D eigenvalue weighted by molar-refractivity contribution is 0.187. The molecule has 5 nitrogen and oxygen atoms in total. The molecule has 4 rings (SSSR count). The Hall–Kier alpha value is -1.88. The van der Waals surface area contributed by atoms with Gasteiger partial charge in [0.15, 0.2) is 0 Å². The Labute approximate surface area is 143 Å². The van der Waals surface area contributed by atoms with Gasteiger partial charge < -0.3 is 9.15 Å². The third-order valence-electron chi connectivity index (χ3n) is 5.44. The molecule has 1 unspecified atom stereocenters. The second-order valence-electron chi connectivity index (χ2n) is 6.92. The average molecular weight is 327 g/mol. The molecule has 2 fully saturated rings. The molecule has 5 heteroatoms. The number of para-hydroxylation sites is 1. The predicted molar refractivity (Wildman–Crippen MR) is 92.1 cm³/mol. The quantitative estimate of drug-likeness (QED) is 0.853. The van der Waals surface area contributed by atoms with E-state index >= 15 is 0 Å². The topological polar surface area (TPSA) is 51.4 Å². The highest BCUT2D eigenvalue weighted by Gasteiger charge is 2.32. The normalized spacial score (nSPS) is 22.8. The van der Waals surface area contributed by atoms with Gasteiger partial charge in [0, 0.05) is 12.6 Å². The standard InChI is InChI=1S/C19H25N3O2/c1-23-17-10-6-5-9-16(17)19-21-20-18(24-19)14-11-12-22(13-14)15-7-3-2-4-8-15/h5-6,9-10,14-15H,2-4,7-8,11-13H2,1H3. The first kappa shape index (κ1) is 15.6. The van der Waals surface area contributed by atoms with Crippen molar-refractivity contribution in [3.63, 3.8) is 0 Å². The number of methoxy groups -OCH3 is 1. The minimum absolute atomic E-state index is 0.364.